The lowest BCUT2D eigenvalue weighted by Crippen LogP contribution is -2.43. The summed E-state index contributed by atoms with van der Waals surface area (Å²) in [4.78, 5) is 23.7. The quantitative estimate of drug-likeness (QED) is 0.595. The van der Waals surface area contributed by atoms with Gasteiger partial charge in [-0.3, -0.25) is 14.9 Å². The number of hydrogen-bond donors (Lipinski definition) is 0. The highest BCUT2D eigenvalue weighted by Crippen LogP contribution is 2.25. The van der Waals surface area contributed by atoms with Crippen molar-refractivity contribution in [3.8, 4) is 5.75 Å². The Bertz CT molecular complexity index is 471. The van der Waals surface area contributed by atoms with Crippen molar-refractivity contribution in [2.24, 2.45) is 0 Å². The first-order valence-electron chi connectivity index (χ1n) is 5.90. The van der Waals surface area contributed by atoms with Gasteiger partial charge in [0.25, 0.3) is 5.91 Å². The van der Waals surface area contributed by atoms with E-state index < -0.39 is 4.92 Å². The summed E-state index contributed by atoms with van der Waals surface area (Å²) in [5, 5.41) is 10.8. The lowest BCUT2D eigenvalue weighted by molar-refractivity contribution is -0.385. The molecular weight excluding hydrogens is 252 g/mol. The molecule has 0 atom stereocenters. The molecule has 0 bridgehead atoms. The number of morpholine rings is 1. The van der Waals surface area contributed by atoms with Gasteiger partial charge in [-0.15, -0.1) is 0 Å². The molecule has 1 amide bonds. The minimum absolute atomic E-state index is 0.106. The van der Waals surface area contributed by atoms with Crippen molar-refractivity contribution in [3.63, 3.8) is 0 Å². The van der Waals surface area contributed by atoms with Crippen molar-refractivity contribution >= 4 is 11.6 Å². The van der Waals surface area contributed by atoms with Gasteiger partial charge in [-0.25, -0.2) is 0 Å². The molecule has 7 heteroatoms. The van der Waals surface area contributed by atoms with Crippen LogP contribution in [0.25, 0.3) is 0 Å². The van der Waals surface area contributed by atoms with Gasteiger partial charge in [-0.05, 0) is 6.07 Å². The van der Waals surface area contributed by atoms with Crippen LogP contribution < -0.4 is 4.74 Å². The van der Waals surface area contributed by atoms with E-state index in [9.17, 15) is 14.9 Å². The predicted octanol–water partition coefficient (Wildman–Crippen LogP) is 0.832. The molecule has 0 aliphatic carbocycles. The molecule has 0 saturated carbocycles. The maximum absolute atomic E-state index is 11.8. The zero-order valence-corrected chi connectivity index (χ0v) is 10.3. The van der Waals surface area contributed by atoms with E-state index in [4.69, 9.17) is 9.47 Å². The van der Waals surface area contributed by atoms with Crippen molar-refractivity contribution in [2.45, 2.75) is 0 Å². The number of nitrogens with zero attached hydrogens (tertiary/aromatic N) is 2. The van der Waals surface area contributed by atoms with Crippen LogP contribution in [-0.2, 0) is 9.53 Å². The van der Waals surface area contributed by atoms with Crippen LogP contribution in [0.15, 0.2) is 24.3 Å². The normalized spacial score (nSPS) is 15.1. The van der Waals surface area contributed by atoms with Crippen LogP contribution >= 0.6 is 0 Å². The van der Waals surface area contributed by atoms with E-state index in [0.29, 0.717) is 26.3 Å². The lowest BCUT2D eigenvalue weighted by Gasteiger charge is -2.26. The molecule has 1 aliphatic rings. The Kier molecular flexibility index (Phi) is 4.30. The number of amides is 1. The van der Waals surface area contributed by atoms with Crippen LogP contribution in [0.4, 0.5) is 5.69 Å². The van der Waals surface area contributed by atoms with Gasteiger partial charge < -0.3 is 14.4 Å². The number of ether oxygens (including phenoxy) is 2. The van der Waals surface area contributed by atoms with Gasteiger partial charge in [0.1, 0.15) is 0 Å². The van der Waals surface area contributed by atoms with Gasteiger partial charge in [0.15, 0.2) is 12.4 Å². The van der Waals surface area contributed by atoms with E-state index >= 15 is 0 Å². The molecule has 2 rings (SSSR count). The van der Waals surface area contributed by atoms with Gasteiger partial charge >= 0.3 is 5.69 Å². The molecule has 1 saturated heterocycles. The number of rotatable bonds is 4. The smallest absolute Gasteiger partial charge is 0.310 e. The monoisotopic (exact) mass is 266 g/mol. The number of nitro groups is 1. The summed E-state index contributed by atoms with van der Waals surface area (Å²) in [6.07, 6.45) is 0. The molecule has 1 aromatic carbocycles. The number of carbonyl (C=O) groups is 1. The topological polar surface area (TPSA) is 81.9 Å². The second-order valence-electron chi connectivity index (χ2n) is 4.01. The lowest BCUT2D eigenvalue weighted by atomic mass is 10.3. The van der Waals surface area contributed by atoms with Crippen LogP contribution in [0.5, 0.6) is 5.75 Å². The van der Waals surface area contributed by atoms with E-state index in [1.807, 2.05) is 0 Å². The number of carbonyl (C=O) groups excluding carboxylic acids is 1. The highest BCUT2D eigenvalue weighted by molar-refractivity contribution is 5.78. The molecule has 0 aromatic heterocycles. The Morgan fingerprint density at radius 1 is 1.37 bits per heavy atom. The summed E-state index contributed by atoms with van der Waals surface area (Å²) in [5.41, 5.74) is -0.141. The number of benzene rings is 1. The first-order valence-corrected chi connectivity index (χ1v) is 5.90. The Morgan fingerprint density at radius 3 is 2.74 bits per heavy atom. The Morgan fingerprint density at radius 2 is 2.05 bits per heavy atom. The van der Waals surface area contributed by atoms with Gasteiger partial charge in [0, 0.05) is 19.2 Å². The van der Waals surface area contributed by atoms with Crippen molar-refractivity contribution in [3.05, 3.63) is 34.4 Å². The molecule has 1 aliphatic heterocycles. The molecule has 7 nitrogen and oxygen atoms in total. The van der Waals surface area contributed by atoms with Crippen molar-refractivity contribution in [1.82, 2.24) is 4.90 Å². The van der Waals surface area contributed by atoms with Crippen LogP contribution in [0.2, 0.25) is 0 Å². The van der Waals surface area contributed by atoms with E-state index in [1.54, 1.807) is 17.0 Å². The minimum atomic E-state index is -0.533. The van der Waals surface area contributed by atoms with Gasteiger partial charge in [-0.2, -0.15) is 0 Å². The summed E-state index contributed by atoms with van der Waals surface area (Å²) in [5.74, 6) is -0.0874. The van der Waals surface area contributed by atoms with E-state index in [2.05, 4.69) is 0 Å². The highest BCUT2D eigenvalue weighted by Gasteiger charge is 2.19. The minimum Gasteiger partial charge on any atom is -0.477 e. The largest absolute Gasteiger partial charge is 0.477 e. The third-order valence-electron chi connectivity index (χ3n) is 2.78. The molecule has 0 radical (unpaired) electrons. The third-order valence-corrected chi connectivity index (χ3v) is 2.78. The van der Waals surface area contributed by atoms with E-state index in [0.717, 1.165) is 0 Å². The summed E-state index contributed by atoms with van der Waals surface area (Å²) in [6, 6.07) is 6.00. The van der Waals surface area contributed by atoms with Crippen molar-refractivity contribution in [1.29, 1.82) is 0 Å². The van der Waals surface area contributed by atoms with Crippen LogP contribution in [0.3, 0.4) is 0 Å². The summed E-state index contributed by atoms with van der Waals surface area (Å²) in [6.45, 7) is 1.87. The summed E-state index contributed by atoms with van der Waals surface area (Å²) < 4.78 is 10.4. The van der Waals surface area contributed by atoms with Crippen molar-refractivity contribution in [2.75, 3.05) is 32.9 Å². The summed E-state index contributed by atoms with van der Waals surface area (Å²) in [7, 11) is 0. The predicted molar refractivity (Wildman–Crippen MR) is 66.0 cm³/mol. The molecular formula is C12H14N2O5. The maximum atomic E-state index is 11.8. The van der Waals surface area contributed by atoms with Crippen LogP contribution in [0.1, 0.15) is 0 Å². The number of nitro benzene ring substituents is 1. The molecule has 0 spiro atoms. The molecule has 1 aromatic rings. The van der Waals surface area contributed by atoms with Gasteiger partial charge in [0.2, 0.25) is 0 Å². The zero-order chi connectivity index (χ0) is 13.7. The van der Waals surface area contributed by atoms with Crippen LogP contribution in [-0.4, -0.2) is 48.6 Å². The Hall–Kier alpha value is -2.15. The van der Waals surface area contributed by atoms with Gasteiger partial charge in [0.05, 0.1) is 18.1 Å². The molecule has 1 heterocycles. The SMILES string of the molecule is O=C(COc1ccccc1[N+](=O)[O-])N1CCOCC1. The summed E-state index contributed by atoms with van der Waals surface area (Å²) >= 11 is 0. The molecule has 1 fully saturated rings. The van der Waals surface area contributed by atoms with Crippen molar-refractivity contribution < 1.29 is 19.2 Å². The van der Waals surface area contributed by atoms with Crippen LogP contribution in [0, 0.1) is 10.1 Å². The molecule has 19 heavy (non-hydrogen) atoms. The Balaban J connectivity index is 1.94. The average Bonchev–Trinajstić information content (AvgIpc) is 2.46. The second-order valence-corrected chi connectivity index (χ2v) is 4.01. The highest BCUT2D eigenvalue weighted by atomic mass is 16.6. The first-order chi connectivity index (χ1) is 9.18. The number of para-hydroxylation sites is 2. The number of hydrogen-bond acceptors (Lipinski definition) is 5. The fourth-order valence-electron chi connectivity index (χ4n) is 1.77. The van der Waals surface area contributed by atoms with Gasteiger partial charge in [-0.1, -0.05) is 12.1 Å². The zero-order valence-electron chi connectivity index (χ0n) is 10.3. The van der Waals surface area contributed by atoms with E-state index in [1.165, 1.54) is 12.1 Å². The Labute approximate surface area is 109 Å². The average molecular weight is 266 g/mol. The second kappa shape index (κ2) is 6.14. The standard InChI is InChI=1S/C12H14N2O5/c15-12(13-5-7-18-8-6-13)9-19-11-4-2-1-3-10(11)14(16)17/h1-4H,5-9H2. The molecule has 0 N–H and O–H groups in total. The fourth-order valence-corrected chi connectivity index (χ4v) is 1.77. The maximum Gasteiger partial charge on any atom is 0.310 e. The molecule has 102 valence electrons. The fraction of sp³-hybridized carbons (Fsp3) is 0.417. The molecule has 0 unspecified atom stereocenters. The van der Waals surface area contributed by atoms with E-state index in [-0.39, 0.29) is 24.0 Å². The first kappa shape index (κ1) is 13.3. The third kappa shape index (κ3) is 3.41.